The number of carbonyl (C=O) groups is 1. The van der Waals surface area contributed by atoms with E-state index in [1.807, 2.05) is 46.0 Å². The summed E-state index contributed by atoms with van der Waals surface area (Å²) >= 11 is 5.95. The molecule has 0 radical (unpaired) electrons. The van der Waals surface area contributed by atoms with Gasteiger partial charge >= 0.3 is 0 Å². The minimum atomic E-state index is -0.290. The van der Waals surface area contributed by atoms with Crippen LogP contribution in [0.3, 0.4) is 0 Å². The van der Waals surface area contributed by atoms with Crippen molar-refractivity contribution < 1.29 is 9.90 Å². The van der Waals surface area contributed by atoms with Gasteiger partial charge in [0.05, 0.1) is 6.61 Å². The molecule has 7 heteroatoms. The zero-order valence-electron chi connectivity index (χ0n) is 14.3. The molecule has 0 aliphatic carbocycles. The number of carbonyl (C=O) groups excluding carboxylic acids is 1. The molecule has 0 bridgehead atoms. The standard InChI is InChI=1S/C20H17ClN4O2/c21-15-4-2-5-16(10-15)22-20(27)18-11-25-13-24(8-7-19(25)23-18)17-6-1-3-14(9-17)12-26/h1-11,26H,12-13H2,(H,22,27). The van der Waals surface area contributed by atoms with E-state index in [9.17, 15) is 9.90 Å². The second-order valence-corrected chi connectivity index (χ2v) is 6.61. The highest BCUT2D eigenvalue weighted by molar-refractivity contribution is 6.30. The number of hydrogen-bond donors (Lipinski definition) is 2. The molecule has 0 atom stereocenters. The van der Waals surface area contributed by atoms with E-state index in [2.05, 4.69) is 10.3 Å². The van der Waals surface area contributed by atoms with Gasteiger partial charge in [-0.2, -0.15) is 0 Å². The Balaban J connectivity index is 1.52. The van der Waals surface area contributed by atoms with E-state index in [0.717, 1.165) is 11.3 Å². The summed E-state index contributed by atoms with van der Waals surface area (Å²) in [7, 11) is 0. The highest BCUT2D eigenvalue weighted by Crippen LogP contribution is 2.23. The van der Waals surface area contributed by atoms with Crippen molar-refractivity contribution in [2.24, 2.45) is 0 Å². The Hall–Kier alpha value is -3.09. The number of amides is 1. The normalized spacial score (nSPS) is 12.7. The van der Waals surface area contributed by atoms with Gasteiger partial charge in [0.1, 0.15) is 18.2 Å². The first-order valence-corrected chi connectivity index (χ1v) is 8.79. The minimum Gasteiger partial charge on any atom is -0.392 e. The van der Waals surface area contributed by atoms with Crippen LogP contribution in [0.4, 0.5) is 11.4 Å². The van der Waals surface area contributed by atoms with Crippen molar-refractivity contribution in [2.75, 3.05) is 10.2 Å². The topological polar surface area (TPSA) is 70.4 Å². The lowest BCUT2D eigenvalue weighted by Gasteiger charge is -2.25. The molecule has 0 fully saturated rings. The van der Waals surface area contributed by atoms with E-state index in [0.29, 0.717) is 28.9 Å². The van der Waals surface area contributed by atoms with Gasteiger partial charge in [0.15, 0.2) is 0 Å². The van der Waals surface area contributed by atoms with Crippen LogP contribution in [0.5, 0.6) is 0 Å². The van der Waals surface area contributed by atoms with Gasteiger partial charge in [0.2, 0.25) is 0 Å². The molecule has 2 N–H and O–H groups in total. The lowest BCUT2D eigenvalue weighted by atomic mass is 10.2. The number of halogens is 1. The number of benzene rings is 2. The number of anilines is 2. The molecular weight excluding hydrogens is 364 g/mol. The molecule has 1 amide bonds. The second kappa shape index (κ2) is 7.26. The number of aliphatic hydroxyl groups is 1. The van der Waals surface area contributed by atoms with Gasteiger partial charge in [-0.05, 0) is 42.0 Å². The van der Waals surface area contributed by atoms with Crippen molar-refractivity contribution in [2.45, 2.75) is 13.3 Å². The molecular formula is C20H17ClN4O2. The second-order valence-electron chi connectivity index (χ2n) is 6.17. The first-order valence-electron chi connectivity index (χ1n) is 8.41. The zero-order chi connectivity index (χ0) is 18.8. The molecule has 2 heterocycles. The molecule has 4 rings (SSSR count). The van der Waals surface area contributed by atoms with Crippen LogP contribution in [-0.4, -0.2) is 20.6 Å². The smallest absolute Gasteiger partial charge is 0.275 e. The molecule has 3 aromatic rings. The van der Waals surface area contributed by atoms with Gasteiger partial charge in [-0.3, -0.25) is 4.79 Å². The Morgan fingerprint density at radius 1 is 1.22 bits per heavy atom. The van der Waals surface area contributed by atoms with Crippen LogP contribution >= 0.6 is 11.6 Å². The molecule has 136 valence electrons. The van der Waals surface area contributed by atoms with Gasteiger partial charge in [0, 0.05) is 28.8 Å². The predicted octanol–water partition coefficient (Wildman–Crippen LogP) is 3.73. The average molecular weight is 381 g/mol. The number of rotatable bonds is 4. The van der Waals surface area contributed by atoms with Gasteiger partial charge in [0.25, 0.3) is 5.91 Å². The molecule has 0 saturated carbocycles. The lowest BCUT2D eigenvalue weighted by molar-refractivity contribution is 0.102. The molecule has 0 unspecified atom stereocenters. The van der Waals surface area contributed by atoms with Crippen molar-refractivity contribution in [3.63, 3.8) is 0 Å². The third-order valence-electron chi connectivity index (χ3n) is 4.26. The van der Waals surface area contributed by atoms with Crippen molar-refractivity contribution >= 4 is 35.0 Å². The maximum absolute atomic E-state index is 12.5. The fourth-order valence-electron chi connectivity index (χ4n) is 2.92. The first kappa shape index (κ1) is 17.3. The lowest BCUT2D eigenvalue weighted by Crippen LogP contribution is -2.23. The van der Waals surface area contributed by atoms with Crippen molar-refractivity contribution in [3.05, 3.63) is 83.0 Å². The van der Waals surface area contributed by atoms with Crippen molar-refractivity contribution in [1.82, 2.24) is 9.55 Å². The van der Waals surface area contributed by atoms with Crippen LogP contribution in [0.25, 0.3) is 6.08 Å². The fourth-order valence-corrected chi connectivity index (χ4v) is 3.11. The van der Waals surface area contributed by atoms with Crippen LogP contribution < -0.4 is 10.2 Å². The highest BCUT2D eigenvalue weighted by Gasteiger charge is 2.18. The van der Waals surface area contributed by atoms with Gasteiger partial charge in [-0.1, -0.05) is 29.8 Å². The number of aliphatic hydroxyl groups excluding tert-OH is 1. The summed E-state index contributed by atoms with van der Waals surface area (Å²) in [4.78, 5) is 18.9. The maximum atomic E-state index is 12.5. The molecule has 1 aliphatic rings. The predicted molar refractivity (Wildman–Crippen MR) is 106 cm³/mol. The number of nitrogens with one attached hydrogen (secondary N) is 1. The largest absolute Gasteiger partial charge is 0.392 e. The molecule has 1 aliphatic heterocycles. The van der Waals surface area contributed by atoms with E-state index in [4.69, 9.17) is 11.6 Å². The number of aromatic nitrogens is 2. The van der Waals surface area contributed by atoms with E-state index in [-0.39, 0.29) is 12.5 Å². The Labute approximate surface area is 161 Å². The van der Waals surface area contributed by atoms with Crippen molar-refractivity contribution in [3.8, 4) is 0 Å². The van der Waals surface area contributed by atoms with Crippen LogP contribution in [0.15, 0.2) is 60.9 Å². The summed E-state index contributed by atoms with van der Waals surface area (Å²) in [5.41, 5.74) is 2.76. The molecule has 0 saturated heterocycles. The Morgan fingerprint density at radius 2 is 2.07 bits per heavy atom. The molecule has 2 aromatic carbocycles. The summed E-state index contributed by atoms with van der Waals surface area (Å²) in [6.45, 7) is 0.522. The fraction of sp³-hybridized carbons (Fsp3) is 0.100. The summed E-state index contributed by atoms with van der Waals surface area (Å²) < 4.78 is 1.90. The molecule has 27 heavy (non-hydrogen) atoms. The number of imidazole rings is 1. The Bertz CT molecular complexity index is 1030. The number of fused-ring (bicyclic) bond motifs is 1. The summed E-state index contributed by atoms with van der Waals surface area (Å²) in [5, 5.41) is 12.7. The summed E-state index contributed by atoms with van der Waals surface area (Å²) in [6, 6.07) is 14.7. The maximum Gasteiger partial charge on any atom is 0.275 e. The quantitative estimate of drug-likeness (QED) is 0.723. The summed E-state index contributed by atoms with van der Waals surface area (Å²) in [5.74, 6) is 0.419. The number of hydrogen-bond acceptors (Lipinski definition) is 4. The van der Waals surface area contributed by atoms with Crippen molar-refractivity contribution in [1.29, 1.82) is 0 Å². The zero-order valence-corrected chi connectivity index (χ0v) is 15.1. The van der Waals surface area contributed by atoms with Crippen LogP contribution in [0.1, 0.15) is 21.9 Å². The number of nitrogens with zero attached hydrogens (tertiary/aromatic N) is 3. The SMILES string of the molecule is O=C(Nc1cccc(Cl)c1)c1cn2c(n1)C=CN(c1cccc(CO)c1)C2. The van der Waals surface area contributed by atoms with Crippen LogP contribution in [-0.2, 0) is 13.3 Å². The van der Waals surface area contributed by atoms with E-state index in [1.54, 1.807) is 30.5 Å². The molecule has 1 aromatic heterocycles. The van der Waals surface area contributed by atoms with Crippen LogP contribution in [0.2, 0.25) is 5.02 Å². The molecule has 0 spiro atoms. The third kappa shape index (κ3) is 3.72. The molecule has 6 nitrogen and oxygen atoms in total. The Morgan fingerprint density at radius 3 is 2.89 bits per heavy atom. The van der Waals surface area contributed by atoms with Gasteiger partial charge in [-0.15, -0.1) is 0 Å². The van der Waals surface area contributed by atoms with Gasteiger partial charge < -0.3 is 19.9 Å². The minimum absolute atomic E-state index is 0.00442. The van der Waals surface area contributed by atoms with Crippen LogP contribution in [0, 0.1) is 0 Å². The Kier molecular flexibility index (Phi) is 4.66. The van der Waals surface area contributed by atoms with E-state index in [1.165, 1.54) is 0 Å². The van der Waals surface area contributed by atoms with E-state index >= 15 is 0 Å². The first-order chi connectivity index (χ1) is 13.1. The third-order valence-corrected chi connectivity index (χ3v) is 4.49. The monoisotopic (exact) mass is 380 g/mol. The van der Waals surface area contributed by atoms with E-state index < -0.39 is 0 Å². The average Bonchev–Trinajstić information content (AvgIpc) is 3.11. The highest BCUT2D eigenvalue weighted by atomic mass is 35.5. The summed E-state index contributed by atoms with van der Waals surface area (Å²) in [6.07, 6.45) is 5.49. The van der Waals surface area contributed by atoms with Gasteiger partial charge in [-0.25, -0.2) is 4.98 Å².